The molecule has 120 valence electrons. The van der Waals surface area contributed by atoms with Crippen LogP contribution in [-0.2, 0) is 4.79 Å². The molecule has 2 rings (SSSR count). The zero-order chi connectivity index (χ0) is 16.7. The van der Waals surface area contributed by atoms with Gasteiger partial charge in [-0.2, -0.15) is 0 Å². The lowest BCUT2D eigenvalue weighted by Crippen LogP contribution is -2.15. The quantitative estimate of drug-likeness (QED) is 0.796. The van der Waals surface area contributed by atoms with E-state index < -0.39 is 0 Å². The number of benzene rings is 1. The molecule has 0 aliphatic heterocycles. The van der Waals surface area contributed by atoms with Crippen LogP contribution in [0, 0.1) is 6.92 Å². The molecule has 0 aliphatic carbocycles. The molecule has 1 amide bonds. The topological polar surface area (TPSA) is 68.3 Å². The van der Waals surface area contributed by atoms with Crippen molar-refractivity contribution in [3.8, 4) is 5.75 Å². The molecule has 5 nitrogen and oxygen atoms in total. The minimum absolute atomic E-state index is 0.0686. The van der Waals surface area contributed by atoms with Crippen LogP contribution >= 0.6 is 0 Å². The summed E-state index contributed by atoms with van der Waals surface area (Å²) in [4.78, 5) is 28.1. The third kappa shape index (κ3) is 4.92. The van der Waals surface area contributed by atoms with Gasteiger partial charge in [0.05, 0.1) is 6.61 Å². The summed E-state index contributed by atoms with van der Waals surface area (Å²) in [7, 11) is 0. The Hall–Kier alpha value is -2.69. The van der Waals surface area contributed by atoms with Gasteiger partial charge in [0.15, 0.2) is 5.78 Å². The number of rotatable bonds is 7. The highest BCUT2D eigenvalue weighted by molar-refractivity contribution is 6.00. The Kier molecular flexibility index (Phi) is 5.86. The van der Waals surface area contributed by atoms with Crippen LogP contribution in [0.25, 0.3) is 0 Å². The normalized spacial score (nSPS) is 10.2. The number of pyridine rings is 1. The Labute approximate surface area is 135 Å². The van der Waals surface area contributed by atoms with Crippen molar-refractivity contribution in [1.82, 2.24) is 4.98 Å². The van der Waals surface area contributed by atoms with Crippen LogP contribution in [-0.4, -0.2) is 23.3 Å². The van der Waals surface area contributed by atoms with E-state index in [1.54, 1.807) is 36.5 Å². The number of carbonyl (C=O) groups excluding carboxylic acids is 2. The lowest BCUT2D eigenvalue weighted by Gasteiger charge is -2.07. The second kappa shape index (κ2) is 8.08. The van der Waals surface area contributed by atoms with E-state index in [4.69, 9.17) is 4.74 Å². The van der Waals surface area contributed by atoms with Gasteiger partial charge in [-0.05, 0) is 49.7 Å². The molecule has 1 N–H and O–H groups in total. The molecule has 0 unspecified atom stereocenters. The number of aromatic nitrogens is 1. The standard InChI is InChI=1S/C18H20N2O3/c1-3-23-15-8-6-14(7-9-15)16(21)10-11-17(22)20-18-13(2)5-4-12-19-18/h4-9,12H,3,10-11H2,1-2H3,(H,19,20,22). The molecular formula is C18H20N2O3. The lowest BCUT2D eigenvalue weighted by molar-refractivity contribution is -0.116. The van der Waals surface area contributed by atoms with Gasteiger partial charge in [0.25, 0.3) is 0 Å². The van der Waals surface area contributed by atoms with E-state index in [1.165, 1.54) is 0 Å². The summed E-state index contributed by atoms with van der Waals surface area (Å²) in [6.45, 7) is 4.36. The Morgan fingerprint density at radius 1 is 1.13 bits per heavy atom. The molecule has 0 aliphatic rings. The van der Waals surface area contributed by atoms with E-state index in [0.717, 1.165) is 11.3 Å². The van der Waals surface area contributed by atoms with E-state index in [9.17, 15) is 9.59 Å². The van der Waals surface area contributed by atoms with E-state index in [2.05, 4.69) is 10.3 Å². The zero-order valence-electron chi connectivity index (χ0n) is 13.3. The molecule has 0 saturated carbocycles. The first-order valence-electron chi connectivity index (χ1n) is 7.57. The van der Waals surface area contributed by atoms with Crippen LogP contribution in [0.3, 0.4) is 0 Å². The number of amides is 1. The highest BCUT2D eigenvalue weighted by atomic mass is 16.5. The minimum Gasteiger partial charge on any atom is -0.494 e. The fraction of sp³-hybridized carbons (Fsp3) is 0.278. The predicted octanol–water partition coefficient (Wildman–Crippen LogP) is 3.39. The smallest absolute Gasteiger partial charge is 0.225 e. The average molecular weight is 312 g/mol. The van der Waals surface area contributed by atoms with Crippen LogP contribution in [0.4, 0.5) is 5.82 Å². The van der Waals surface area contributed by atoms with Crippen molar-refractivity contribution in [1.29, 1.82) is 0 Å². The molecule has 2 aromatic rings. The number of nitrogens with zero attached hydrogens (tertiary/aromatic N) is 1. The van der Waals surface area contributed by atoms with Crippen LogP contribution in [0.15, 0.2) is 42.6 Å². The van der Waals surface area contributed by atoms with Gasteiger partial charge in [-0.15, -0.1) is 0 Å². The summed E-state index contributed by atoms with van der Waals surface area (Å²) < 4.78 is 5.33. The number of nitrogens with one attached hydrogen (secondary N) is 1. The monoisotopic (exact) mass is 312 g/mol. The largest absolute Gasteiger partial charge is 0.494 e. The van der Waals surface area contributed by atoms with Crippen LogP contribution < -0.4 is 10.1 Å². The number of ether oxygens (including phenoxy) is 1. The van der Waals surface area contributed by atoms with Gasteiger partial charge < -0.3 is 10.1 Å². The van der Waals surface area contributed by atoms with Crippen molar-refractivity contribution >= 4 is 17.5 Å². The van der Waals surface area contributed by atoms with Gasteiger partial charge >= 0.3 is 0 Å². The van der Waals surface area contributed by atoms with Gasteiger partial charge in [0.2, 0.25) is 5.91 Å². The molecular weight excluding hydrogens is 292 g/mol. The maximum atomic E-state index is 12.1. The highest BCUT2D eigenvalue weighted by Gasteiger charge is 2.11. The van der Waals surface area contributed by atoms with Crippen LogP contribution in [0.5, 0.6) is 5.75 Å². The van der Waals surface area contributed by atoms with Crippen molar-refractivity contribution in [2.75, 3.05) is 11.9 Å². The summed E-state index contributed by atoms with van der Waals surface area (Å²) in [5.74, 6) is 0.977. The fourth-order valence-corrected chi connectivity index (χ4v) is 2.09. The first kappa shape index (κ1) is 16.7. The molecule has 0 saturated heterocycles. The number of hydrogen-bond acceptors (Lipinski definition) is 4. The Balaban J connectivity index is 1.86. The Morgan fingerprint density at radius 2 is 1.87 bits per heavy atom. The zero-order valence-corrected chi connectivity index (χ0v) is 13.3. The first-order chi connectivity index (χ1) is 11.1. The second-order valence-corrected chi connectivity index (χ2v) is 5.10. The van der Waals surface area contributed by atoms with Gasteiger partial charge in [0, 0.05) is 24.6 Å². The van der Waals surface area contributed by atoms with Crippen molar-refractivity contribution in [2.24, 2.45) is 0 Å². The van der Waals surface area contributed by atoms with Gasteiger partial charge in [-0.25, -0.2) is 4.98 Å². The van der Waals surface area contributed by atoms with Crippen molar-refractivity contribution in [3.05, 3.63) is 53.7 Å². The van der Waals surface area contributed by atoms with Crippen molar-refractivity contribution in [3.63, 3.8) is 0 Å². The number of aryl methyl sites for hydroxylation is 1. The molecule has 1 aromatic heterocycles. The summed E-state index contributed by atoms with van der Waals surface area (Å²) in [6.07, 6.45) is 1.90. The fourth-order valence-electron chi connectivity index (χ4n) is 2.09. The summed E-state index contributed by atoms with van der Waals surface area (Å²) in [5, 5.41) is 2.72. The molecule has 0 radical (unpaired) electrons. The summed E-state index contributed by atoms with van der Waals surface area (Å²) >= 11 is 0. The molecule has 23 heavy (non-hydrogen) atoms. The third-order valence-electron chi connectivity index (χ3n) is 3.33. The Morgan fingerprint density at radius 3 is 2.52 bits per heavy atom. The van der Waals surface area contributed by atoms with E-state index in [0.29, 0.717) is 18.0 Å². The van der Waals surface area contributed by atoms with E-state index >= 15 is 0 Å². The van der Waals surface area contributed by atoms with Crippen molar-refractivity contribution in [2.45, 2.75) is 26.7 Å². The second-order valence-electron chi connectivity index (χ2n) is 5.10. The first-order valence-corrected chi connectivity index (χ1v) is 7.57. The highest BCUT2D eigenvalue weighted by Crippen LogP contribution is 2.15. The maximum Gasteiger partial charge on any atom is 0.225 e. The number of anilines is 1. The van der Waals surface area contributed by atoms with Gasteiger partial charge in [0.1, 0.15) is 11.6 Å². The van der Waals surface area contributed by atoms with Crippen LogP contribution in [0.1, 0.15) is 35.7 Å². The van der Waals surface area contributed by atoms with Crippen LogP contribution in [0.2, 0.25) is 0 Å². The molecule has 0 fully saturated rings. The third-order valence-corrected chi connectivity index (χ3v) is 3.33. The lowest BCUT2D eigenvalue weighted by atomic mass is 10.1. The number of carbonyl (C=O) groups is 2. The molecule has 1 heterocycles. The van der Waals surface area contributed by atoms with Crippen molar-refractivity contribution < 1.29 is 14.3 Å². The molecule has 5 heteroatoms. The van der Waals surface area contributed by atoms with E-state index in [1.807, 2.05) is 19.9 Å². The minimum atomic E-state index is -0.217. The SMILES string of the molecule is CCOc1ccc(C(=O)CCC(=O)Nc2ncccc2C)cc1. The maximum absolute atomic E-state index is 12.1. The van der Waals surface area contributed by atoms with Gasteiger partial charge in [-0.1, -0.05) is 6.07 Å². The average Bonchev–Trinajstić information content (AvgIpc) is 2.56. The molecule has 1 aromatic carbocycles. The summed E-state index contributed by atoms with van der Waals surface area (Å²) in [6, 6.07) is 10.6. The predicted molar refractivity (Wildman–Crippen MR) is 88.8 cm³/mol. The number of Topliss-reactive ketones (excluding diaryl/α,β-unsaturated/α-hetero) is 1. The summed E-state index contributed by atoms with van der Waals surface area (Å²) in [5.41, 5.74) is 1.47. The number of ketones is 1. The van der Waals surface area contributed by atoms with Gasteiger partial charge in [-0.3, -0.25) is 9.59 Å². The van der Waals surface area contributed by atoms with E-state index in [-0.39, 0.29) is 24.5 Å². The molecule has 0 spiro atoms. The molecule has 0 atom stereocenters. The molecule has 0 bridgehead atoms. The Bertz CT molecular complexity index is 681. The number of hydrogen-bond donors (Lipinski definition) is 1.